The molecule has 0 radical (unpaired) electrons. The second-order valence-electron chi connectivity index (χ2n) is 12.8. The maximum Gasteiger partial charge on any atom is 0.407 e. The van der Waals surface area contributed by atoms with Crippen molar-refractivity contribution in [1.82, 2.24) is 5.32 Å². The molecular formula is C39H45NO8. The summed E-state index contributed by atoms with van der Waals surface area (Å²) < 4.78 is 16.0. The van der Waals surface area contributed by atoms with Crippen LogP contribution in [-0.4, -0.2) is 56.0 Å². The average molecular weight is 656 g/mol. The molecule has 1 amide bonds. The van der Waals surface area contributed by atoms with Crippen LogP contribution in [0, 0.1) is 5.41 Å². The molecule has 0 aromatic heterocycles. The Bertz CT molecular complexity index is 1600. The van der Waals surface area contributed by atoms with E-state index in [4.69, 9.17) is 14.2 Å². The molecule has 2 aliphatic rings. The predicted octanol–water partition coefficient (Wildman–Crippen LogP) is 6.95. The third-order valence-corrected chi connectivity index (χ3v) is 8.91. The van der Waals surface area contributed by atoms with E-state index in [0.717, 1.165) is 17.5 Å². The number of unbranched alkanes of at least 4 members (excludes halogenated alkanes) is 2. The number of alkyl carbamates (subject to hydrolysis) is 1. The predicted molar refractivity (Wildman–Crippen MR) is 182 cm³/mol. The molecule has 48 heavy (non-hydrogen) atoms. The van der Waals surface area contributed by atoms with Gasteiger partial charge in [-0.1, -0.05) is 75.0 Å². The number of nitrogens with one attached hydrogen (secondary N) is 1. The van der Waals surface area contributed by atoms with E-state index in [9.17, 15) is 24.0 Å². The third-order valence-electron chi connectivity index (χ3n) is 8.91. The Labute approximate surface area is 282 Å². The van der Waals surface area contributed by atoms with Crippen LogP contribution >= 0.6 is 0 Å². The summed E-state index contributed by atoms with van der Waals surface area (Å²) in [5, 5.41) is 2.80. The molecule has 0 atom stereocenters. The summed E-state index contributed by atoms with van der Waals surface area (Å²) in [6.07, 6.45) is 3.02. The van der Waals surface area contributed by atoms with E-state index in [-0.39, 0.29) is 67.7 Å². The molecule has 0 fully saturated rings. The lowest BCUT2D eigenvalue weighted by Gasteiger charge is -2.31. The normalized spacial score (nSPS) is 14.4. The molecule has 2 aromatic rings. The number of carbonyl (C=O) groups is 5. The maximum atomic E-state index is 13.4. The van der Waals surface area contributed by atoms with Gasteiger partial charge in [-0.3, -0.25) is 19.2 Å². The smallest absolute Gasteiger partial charge is 0.407 e. The number of rotatable bonds is 16. The third kappa shape index (κ3) is 8.56. The first-order valence-electron chi connectivity index (χ1n) is 16.5. The van der Waals surface area contributed by atoms with Crippen molar-refractivity contribution in [2.45, 2.75) is 72.1 Å². The number of hydrogen-bond acceptors (Lipinski definition) is 8. The van der Waals surface area contributed by atoms with Gasteiger partial charge in [-0.05, 0) is 61.8 Å². The minimum Gasteiger partial charge on any atom is -0.466 e. The van der Waals surface area contributed by atoms with Crippen molar-refractivity contribution in [2.75, 3.05) is 26.4 Å². The lowest BCUT2D eigenvalue weighted by Crippen LogP contribution is -2.32. The lowest BCUT2D eigenvalue weighted by atomic mass is 9.70. The van der Waals surface area contributed by atoms with E-state index in [2.05, 4.69) is 36.2 Å². The van der Waals surface area contributed by atoms with Crippen LogP contribution in [-0.2, 0) is 33.4 Å². The van der Waals surface area contributed by atoms with Crippen LogP contribution in [0.2, 0.25) is 0 Å². The number of amides is 1. The number of carbonyl (C=O) groups excluding carboxylic acids is 5. The van der Waals surface area contributed by atoms with E-state index >= 15 is 0 Å². The van der Waals surface area contributed by atoms with Crippen LogP contribution in [0.5, 0.6) is 0 Å². The number of allylic oxidation sites excluding steroid dienone is 4. The van der Waals surface area contributed by atoms with Gasteiger partial charge in [-0.15, -0.1) is 0 Å². The van der Waals surface area contributed by atoms with Crippen molar-refractivity contribution in [1.29, 1.82) is 0 Å². The highest BCUT2D eigenvalue weighted by molar-refractivity contribution is 6.25. The zero-order valence-electron chi connectivity index (χ0n) is 28.3. The minimum absolute atomic E-state index is 0.00243. The second kappa shape index (κ2) is 16.4. The second-order valence-corrected chi connectivity index (χ2v) is 12.8. The number of fused-ring (bicyclic) bond motifs is 3. The molecule has 2 aliphatic carbocycles. The lowest BCUT2D eigenvalue weighted by molar-refractivity contribution is -0.146. The Kier molecular flexibility index (Phi) is 12.3. The van der Waals surface area contributed by atoms with Gasteiger partial charge in [0.05, 0.1) is 13.0 Å². The van der Waals surface area contributed by atoms with Gasteiger partial charge in [0.15, 0.2) is 11.6 Å². The van der Waals surface area contributed by atoms with E-state index in [0.29, 0.717) is 30.5 Å². The van der Waals surface area contributed by atoms with Crippen molar-refractivity contribution < 1.29 is 38.2 Å². The van der Waals surface area contributed by atoms with Crippen LogP contribution < -0.4 is 5.32 Å². The van der Waals surface area contributed by atoms with Gasteiger partial charge in [0, 0.05) is 46.6 Å². The summed E-state index contributed by atoms with van der Waals surface area (Å²) >= 11 is 0. The van der Waals surface area contributed by atoms with E-state index in [1.807, 2.05) is 24.3 Å². The number of ether oxygens (including phenoxy) is 3. The van der Waals surface area contributed by atoms with Gasteiger partial charge in [0.25, 0.3) is 0 Å². The zero-order valence-corrected chi connectivity index (χ0v) is 28.3. The van der Waals surface area contributed by atoms with Crippen molar-refractivity contribution in [3.05, 3.63) is 94.6 Å². The number of Topliss-reactive ketones (excluding diaryl/α,β-unsaturated/α-hetero) is 2. The highest BCUT2D eigenvalue weighted by Crippen LogP contribution is 2.44. The van der Waals surface area contributed by atoms with Crippen molar-refractivity contribution in [3.8, 4) is 11.1 Å². The monoisotopic (exact) mass is 655 g/mol. The fourth-order valence-electron chi connectivity index (χ4n) is 6.50. The van der Waals surface area contributed by atoms with Crippen LogP contribution in [0.3, 0.4) is 0 Å². The van der Waals surface area contributed by atoms with Crippen LogP contribution in [0.4, 0.5) is 4.79 Å². The van der Waals surface area contributed by atoms with E-state index in [1.54, 1.807) is 27.7 Å². The van der Waals surface area contributed by atoms with Crippen LogP contribution in [0.15, 0.2) is 83.5 Å². The van der Waals surface area contributed by atoms with Crippen LogP contribution in [0.25, 0.3) is 11.1 Å². The molecule has 0 bridgehead atoms. The molecule has 0 saturated carbocycles. The van der Waals surface area contributed by atoms with E-state index < -0.39 is 23.4 Å². The first kappa shape index (κ1) is 36.1. The largest absolute Gasteiger partial charge is 0.466 e. The first-order valence-corrected chi connectivity index (χ1v) is 16.5. The fourth-order valence-corrected chi connectivity index (χ4v) is 6.50. The summed E-state index contributed by atoms with van der Waals surface area (Å²) in [5.74, 6) is -1.54. The maximum absolute atomic E-state index is 13.4. The highest BCUT2D eigenvalue weighted by Gasteiger charge is 2.39. The summed E-state index contributed by atoms with van der Waals surface area (Å²) in [4.78, 5) is 63.6. The Balaban J connectivity index is 1.15. The van der Waals surface area contributed by atoms with Gasteiger partial charge >= 0.3 is 18.0 Å². The van der Waals surface area contributed by atoms with Crippen molar-refractivity contribution in [2.24, 2.45) is 5.41 Å². The molecule has 254 valence electrons. The SMILES string of the molecule is C=CCOC(=O)CCC1=C(C)C(=O)C(C(C)(C)CC(=O)OCCCCCNC(=O)OCC2c3ccccc3-c3ccccc32)=C(C)C1=O. The number of ketones is 2. The quantitative estimate of drug-likeness (QED) is 0.0677. The topological polar surface area (TPSA) is 125 Å². The van der Waals surface area contributed by atoms with Crippen LogP contribution in [0.1, 0.15) is 83.3 Å². The molecular weight excluding hydrogens is 610 g/mol. The van der Waals surface area contributed by atoms with Gasteiger partial charge in [-0.2, -0.15) is 0 Å². The highest BCUT2D eigenvalue weighted by atomic mass is 16.5. The summed E-state index contributed by atoms with van der Waals surface area (Å²) in [7, 11) is 0. The number of esters is 2. The molecule has 1 N–H and O–H groups in total. The average Bonchev–Trinajstić information content (AvgIpc) is 3.38. The zero-order chi connectivity index (χ0) is 34.8. The molecule has 0 aliphatic heterocycles. The van der Waals surface area contributed by atoms with Gasteiger partial charge in [0.2, 0.25) is 0 Å². The van der Waals surface area contributed by atoms with Gasteiger partial charge in [0.1, 0.15) is 13.2 Å². The molecule has 0 saturated heterocycles. The molecule has 2 aromatic carbocycles. The molecule has 4 rings (SSSR count). The fraction of sp³-hybridized carbons (Fsp3) is 0.410. The van der Waals surface area contributed by atoms with Crippen molar-refractivity contribution >= 4 is 29.6 Å². The first-order chi connectivity index (χ1) is 23.0. The van der Waals surface area contributed by atoms with E-state index in [1.165, 1.54) is 17.2 Å². The molecule has 9 nitrogen and oxygen atoms in total. The number of benzene rings is 2. The Morgan fingerprint density at radius 3 is 2.12 bits per heavy atom. The molecule has 0 spiro atoms. The minimum atomic E-state index is -0.934. The Morgan fingerprint density at radius 1 is 0.833 bits per heavy atom. The Hall–Kier alpha value is -4.79. The Morgan fingerprint density at radius 2 is 1.48 bits per heavy atom. The molecule has 9 heteroatoms. The molecule has 0 heterocycles. The van der Waals surface area contributed by atoms with Gasteiger partial charge in [-0.25, -0.2) is 4.79 Å². The summed E-state index contributed by atoms with van der Waals surface area (Å²) in [5.41, 5.74) is 4.88. The standard InChI is InChI=1S/C39H45NO8/c1-6-21-46-33(41)19-18-27-25(2)37(44)35(26(3)36(27)43)39(4,5)23-34(42)47-22-13-7-12-20-40-38(45)48-24-32-30-16-10-8-14-28(30)29-15-9-11-17-31(29)32/h6,8-11,14-17,32H,1,7,12-13,18-24H2,2-5H3,(H,40,45). The van der Waals surface area contributed by atoms with Gasteiger partial charge < -0.3 is 19.5 Å². The summed E-state index contributed by atoms with van der Waals surface area (Å²) in [6.45, 7) is 11.1. The van der Waals surface area contributed by atoms with Crippen molar-refractivity contribution in [3.63, 3.8) is 0 Å². The number of hydrogen-bond donors (Lipinski definition) is 1. The molecule has 0 unspecified atom stereocenters. The summed E-state index contributed by atoms with van der Waals surface area (Å²) in [6, 6.07) is 16.4.